The van der Waals surface area contributed by atoms with Crippen molar-refractivity contribution in [3.8, 4) is 0 Å². The topological polar surface area (TPSA) is 67.5 Å². The van der Waals surface area contributed by atoms with Gasteiger partial charge < -0.3 is 9.51 Å². The molecular weight excluding hydrogens is 555 g/mol. The summed E-state index contributed by atoms with van der Waals surface area (Å²) < 4.78 is 2.19. The molecule has 0 atom stereocenters. The molecular formula is C24H26IrN3O2-. The Hall–Kier alpha value is -2.56. The van der Waals surface area contributed by atoms with Crippen LogP contribution in [0.4, 0.5) is 0 Å². The smallest absolute Gasteiger partial charge is 0.155 e. The number of para-hydroxylation sites is 2. The summed E-state index contributed by atoms with van der Waals surface area (Å²) >= 11 is 0. The van der Waals surface area contributed by atoms with E-state index in [1.807, 2.05) is 24.3 Å². The van der Waals surface area contributed by atoms with Crippen LogP contribution < -0.4 is 0 Å². The monoisotopic (exact) mass is 581 g/mol. The van der Waals surface area contributed by atoms with E-state index in [-0.39, 0.29) is 37.1 Å². The van der Waals surface area contributed by atoms with Crippen molar-refractivity contribution < 1.29 is 30.0 Å². The Morgan fingerprint density at radius 2 is 1.77 bits per heavy atom. The molecule has 2 aromatic carbocycles. The number of aliphatic hydroxyl groups excluding tert-OH is 1. The van der Waals surface area contributed by atoms with Gasteiger partial charge in [-0.3, -0.25) is 14.8 Å². The van der Waals surface area contributed by atoms with E-state index in [4.69, 9.17) is 15.1 Å². The number of hydrogen-bond acceptors (Lipinski definition) is 4. The molecule has 0 saturated carbocycles. The van der Waals surface area contributed by atoms with Crippen LogP contribution in [0.2, 0.25) is 0 Å². The van der Waals surface area contributed by atoms with Crippen molar-refractivity contribution in [3.63, 3.8) is 0 Å². The Morgan fingerprint density at radius 1 is 1.10 bits per heavy atom. The Labute approximate surface area is 190 Å². The van der Waals surface area contributed by atoms with Crippen LogP contribution in [-0.2, 0) is 31.3 Å². The number of imidazole rings is 1. The minimum absolute atomic E-state index is 0. The molecule has 0 spiro atoms. The quantitative estimate of drug-likeness (QED) is 0.194. The summed E-state index contributed by atoms with van der Waals surface area (Å²) in [6.45, 7) is 9.56. The number of rotatable bonds is 2. The Kier molecular flexibility index (Phi) is 7.51. The number of carbonyl (C=O) groups excluding carboxylic acids is 1. The van der Waals surface area contributed by atoms with Gasteiger partial charge in [0, 0.05) is 32.6 Å². The van der Waals surface area contributed by atoms with Gasteiger partial charge in [0.15, 0.2) is 5.78 Å². The normalized spacial score (nSPS) is 11.8. The minimum Gasteiger partial charge on any atom is -0.512 e. The van der Waals surface area contributed by atoms with Gasteiger partial charge in [-0.2, -0.15) is 0 Å². The van der Waals surface area contributed by atoms with E-state index in [1.165, 1.54) is 19.9 Å². The third-order valence-corrected chi connectivity index (χ3v) is 4.23. The molecule has 4 aromatic rings. The van der Waals surface area contributed by atoms with Crippen LogP contribution in [0.15, 0.2) is 54.3 Å². The molecule has 6 heteroatoms. The van der Waals surface area contributed by atoms with Gasteiger partial charge in [0.25, 0.3) is 0 Å². The number of fused-ring (bicyclic) bond motifs is 5. The van der Waals surface area contributed by atoms with Crippen molar-refractivity contribution in [2.75, 3.05) is 0 Å². The van der Waals surface area contributed by atoms with E-state index in [9.17, 15) is 4.79 Å². The zero-order chi connectivity index (χ0) is 21.2. The summed E-state index contributed by atoms with van der Waals surface area (Å²) in [6, 6.07) is 17.5. The van der Waals surface area contributed by atoms with E-state index in [0.717, 1.165) is 39.8 Å². The number of ketones is 1. The summed E-state index contributed by atoms with van der Waals surface area (Å²) in [7, 11) is 0. The van der Waals surface area contributed by atoms with Crippen molar-refractivity contribution >= 4 is 33.4 Å². The van der Waals surface area contributed by atoms with Gasteiger partial charge in [-0.15, -0.1) is 24.3 Å². The molecule has 2 heterocycles. The average molecular weight is 581 g/mol. The first-order chi connectivity index (χ1) is 13.7. The minimum atomic E-state index is -0.125. The summed E-state index contributed by atoms with van der Waals surface area (Å²) in [5.74, 6) is 0.996. The molecule has 4 rings (SSSR count). The van der Waals surface area contributed by atoms with E-state index in [0.29, 0.717) is 0 Å². The molecule has 0 unspecified atom stereocenters. The summed E-state index contributed by atoms with van der Waals surface area (Å²) in [6.07, 6.45) is 2.06. The molecule has 2 aromatic heterocycles. The molecule has 5 nitrogen and oxygen atoms in total. The maximum Gasteiger partial charge on any atom is 0.155 e. The van der Waals surface area contributed by atoms with Crippen LogP contribution in [0.25, 0.3) is 27.6 Å². The van der Waals surface area contributed by atoms with Crippen molar-refractivity contribution in [3.05, 3.63) is 66.2 Å². The van der Waals surface area contributed by atoms with Gasteiger partial charge in [0.1, 0.15) is 0 Å². The molecule has 0 saturated heterocycles. The second kappa shape index (κ2) is 9.50. The first-order valence-electron chi connectivity index (χ1n) is 9.60. The zero-order valence-electron chi connectivity index (χ0n) is 17.9. The standard InChI is InChI=1S/C19H18N3.C5H8O2.Ir/c1-19(2,3)12-17-20-14-9-5-4-8-13(14)18-21-15-10-6-7-11-16(15)22(17)18;1-4(6)3-5(2)7;/h4-7,9-11H,12H2,1-3H3;3,6H,1-2H3;/q-1;;. The Bertz CT molecular complexity index is 1220. The molecule has 1 N–H and O–H groups in total. The predicted octanol–water partition coefficient (Wildman–Crippen LogP) is 5.46. The number of carbonyl (C=O) groups is 1. The van der Waals surface area contributed by atoms with E-state index < -0.39 is 0 Å². The van der Waals surface area contributed by atoms with Crippen LogP contribution in [-0.4, -0.2) is 25.3 Å². The first kappa shape index (κ1) is 23.7. The van der Waals surface area contributed by atoms with Crippen LogP contribution in [0, 0.1) is 11.5 Å². The molecule has 0 aliphatic heterocycles. The Balaban J connectivity index is 0.000000350. The van der Waals surface area contributed by atoms with Gasteiger partial charge >= 0.3 is 0 Å². The van der Waals surface area contributed by atoms with Crippen molar-refractivity contribution in [1.29, 1.82) is 0 Å². The SMILES string of the molecule is CC(=O)C=C(C)O.CC(C)(C)Cc1nc2ccc[c-]c2c2nc3ccccc3n12.[Ir]. The number of nitrogens with zero attached hydrogens (tertiary/aromatic N) is 3. The number of allylic oxidation sites excluding steroid dienone is 2. The predicted molar refractivity (Wildman–Crippen MR) is 117 cm³/mol. The number of hydrogen-bond donors (Lipinski definition) is 1. The summed E-state index contributed by atoms with van der Waals surface area (Å²) in [5.41, 5.74) is 4.19. The van der Waals surface area contributed by atoms with Gasteiger partial charge in [0.05, 0.1) is 28.3 Å². The van der Waals surface area contributed by atoms with Crippen LogP contribution >= 0.6 is 0 Å². The summed E-state index contributed by atoms with van der Waals surface area (Å²) in [5, 5.41) is 9.35. The second-order valence-corrected chi connectivity index (χ2v) is 8.35. The van der Waals surface area contributed by atoms with Gasteiger partial charge in [0.2, 0.25) is 0 Å². The van der Waals surface area contributed by atoms with Gasteiger partial charge in [-0.05, 0) is 36.9 Å². The van der Waals surface area contributed by atoms with Crippen LogP contribution in [0.1, 0.15) is 40.4 Å². The number of benzene rings is 2. The van der Waals surface area contributed by atoms with Crippen molar-refractivity contribution in [2.24, 2.45) is 5.41 Å². The molecule has 30 heavy (non-hydrogen) atoms. The molecule has 0 aliphatic rings. The van der Waals surface area contributed by atoms with Crippen molar-refractivity contribution in [2.45, 2.75) is 41.0 Å². The Morgan fingerprint density at radius 3 is 2.37 bits per heavy atom. The maximum absolute atomic E-state index is 10.0. The third-order valence-electron chi connectivity index (χ3n) is 4.23. The van der Waals surface area contributed by atoms with Gasteiger partial charge in [-0.25, -0.2) is 0 Å². The fourth-order valence-corrected chi connectivity index (χ4v) is 3.23. The third kappa shape index (κ3) is 5.53. The van der Waals surface area contributed by atoms with Crippen LogP contribution in [0.5, 0.6) is 0 Å². The van der Waals surface area contributed by atoms with Crippen molar-refractivity contribution in [1.82, 2.24) is 14.4 Å². The maximum atomic E-state index is 10.0. The molecule has 159 valence electrons. The molecule has 0 aliphatic carbocycles. The molecule has 1 radical (unpaired) electrons. The fraction of sp³-hybridized carbons (Fsp3) is 0.292. The molecule has 0 fully saturated rings. The van der Waals surface area contributed by atoms with Crippen LogP contribution in [0.3, 0.4) is 0 Å². The number of aliphatic hydroxyl groups is 1. The van der Waals surface area contributed by atoms with E-state index in [1.54, 1.807) is 0 Å². The zero-order valence-corrected chi connectivity index (χ0v) is 20.3. The first-order valence-corrected chi connectivity index (χ1v) is 9.60. The van der Waals surface area contributed by atoms with Gasteiger partial charge in [-0.1, -0.05) is 38.3 Å². The number of aromatic nitrogens is 3. The van der Waals surface area contributed by atoms with E-state index in [2.05, 4.69) is 49.4 Å². The van der Waals surface area contributed by atoms with E-state index >= 15 is 0 Å². The molecule has 0 bridgehead atoms. The average Bonchev–Trinajstić information content (AvgIpc) is 3.00. The molecule has 0 amide bonds. The largest absolute Gasteiger partial charge is 0.512 e. The summed E-state index contributed by atoms with van der Waals surface area (Å²) in [4.78, 5) is 19.7. The second-order valence-electron chi connectivity index (χ2n) is 8.35. The fourth-order valence-electron chi connectivity index (χ4n) is 3.23.